The lowest BCUT2D eigenvalue weighted by Crippen LogP contribution is -2.40. The summed E-state index contributed by atoms with van der Waals surface area (Å²) in [6.07, 6.45) is -0.454. The molecule has 1 aromatic carbocycles. The Labute approximate surface area is 108 Å². The molecule has 0 saturated carbocycles. The minimum Gasteiger partial charge on any atom is -0.508 e. The highest BCUT2D eigenvalue weighted by atomic mass is 16.5. The first-order valence-corrected chi connectivity index (χ1v) is 6.13. The zero-order valence-electron chi connectivity index (χ0n) is 11.4. The number of methoxy groups -OCH3 is 1. The maximum atomic E-state index is 12.1. The second kappa shape index (κ2) is 6.40. The summed E-state index contributed by atoms with van der Waals surface area (Å²) in [5.74, 6) is 0.165. The van der Waals surface area contributed by atoms with Gasteiger partial charge in [0.2, 0.25) is 0 Å². The van der Waals surface area contributed by atoms with Crippen molar-refractivity contribution in [2.24, 2.45) is 0 Å². The number of carbonyl (C=O) groups excluding carboxylic acids is 1. The molecule has 2 unspecified atom stereocenters. The molecule has 0 spiro atoms. The second-order valence-electron chi connectivity index (χ2n) is 4.27. The molecule has 0 radical (unpaired) electrons. The monoisotopic (exact) mass is 251 g/mol. The average Bonchev–Trinajstić information content (AvgIpc) is 2.38. The summed E-state index contributed by atoms with van der Waals surface area (Å²) in [5.41, 5.74) is 0.911. The number of phenols is 1. The van der Waals surface area contributed by atoms with Gasteiger partial charge in [0.1, 0.15) is 11.9 Å². The van der Waals surface area contributed by atoms with Gasteiger partial charge in [0.05, 0.1) is 6.04 Å². The molecule has 0 heterocycles. The van der Waals surface area contributed by atoms with Crippen LogP contribution in [0.15, 0.2) is 24.3 Å². The number of amides is 1. The molecular formula is C14H21NO3. The summed E-state index contributed by atoms with van der Waals surface area (Å²) in [5, 5.41) is 9.48. The highest BCUT2D eigenvalue weighted by Gasteiger charge is 2.24. The normalized spacial score (nSPS) is 14.0. The first kappa shape index (κ1) is 14.5. The van der Waals surface area contributed by atoms with E-state index in [1.807, 2.05) is 19.9 Å². The Kier molecular flexibility index (Phi) is 5.16. The van der Waals surface area contributed by atoms with Crippen molar-refractivity contribution in [1.29, 1.82) is 0 Å². The number of carbonyl (C=O) groups is 1. The third kappa shape index (κ3) is 3.23. The number of nitrogens with zero attached hydrogens (tertiary/aromatic N) is 1. The van der Waals surface area contributed by atoms with Gasteiger partial charge in [-0.25, -0.2) is 0 Å². The molecule has 18 heavy (non-hydrogen) atoms. The minimum absolute atomic E-state index is 0.0455. The van der Waals surface area contributed by atoms with Gasteiger partial charge in [-0.3, -0.25) is 4.79 Å². The number of hydrogen-bond donors (Lipinski definition) is 1. The fourth-order valence-corrected chi connectivity index (χ4v) is 1.92. The average molecular weight is 251 g/mol. The van der Waals surface area contributed by atoms with Crippen LogP contribution in [0.5, 0.6) is 5.75 Å². The Morgan fingerprint density at radius 3 is 2.61 bits per heavy atom. The smallest absolute Gasteiger partial charge is 0.251 e. The summed E-state index contributed by atoms with van der Waals surface area (Å²) in [6.45, 7) is 6.21. The maximum absolute atomic E-state index is 12.1. The fourth-order valence-electron chi connectivity index (χ4n) is 1.92. The molecule has 0 aliphatic rings. The van der Waals surface area contributed by atoms with Crippen LogP contribution in [-0.2, 0) is 9.53 Å². The van der Waals surface area contributed by atoms with E-state index in [1.165, 1.54) is 7.11 Å². The number of phenolic OH excluding ortho intramolecular Hbond substituents is 1. The van der Waals surface area contributed by atoms with Crippen molar-refractivity contribution in [1.82, 2.24) is 4.90 Å². The lowest BCUT2D eigenvalue weighted by Gasteiger charge is -2.30. The van der Waals surface area contributed by atoms with E-state index < -0.39 is 6.10 Å². The largest absolute Gasteiger partial charge is 0.508 e. The quantitative estimate of drug-likeness (QED) is 0.873. The van der Waals surface area contributed by atoms with Crippen molar-refractivity contribution in [2.45, 2.75) is 32.9 Å². The molecule has 4 heteroatoms. The molecule has 0 aromatic heterocycles. The molecule has 0 aliphatic heterocycles. The van der Waals surface area contributed by atoms with Gasteiger partial charge in [-0.05, 0) is 38.5 Å². The summed E-state index contributed by atoms with van der Waals surface area (Å²) < 4.78 is 5.06. The highest BCUT2D eigenvalue weighted by Crippen LogP contribution is 2.24. The lowest BCUT2D eigenvalue weighted by atomic mass is 10.1. The molecule has 0 aliphatic carbocycles. The molecule has 100 valence electrons. The molecule has 1 aromatic rings. The topological polar surface area (TPSA) is 49.8 Å². The standard InChI is InChI=1S/C14H21NO3/c1-5-15(14(17)11(3)18-4)10(2)12-7-6-8-13(16)9-12/h6-11,16H,5H2,1-4H3. The van der Waals surface area contributed by atoms with Crippen molar-refractivity contribution >= 4 is 5.91 Å². The van der Waals surface area contributed by atoms with Gasteiger partial charge in [-0.2, -0.15) is 0 Å². The van der Waals surface area contributed by atoms with E-state index in [1.54, 1.807) is 30.0 Å². The number of rotatable bonds is 5. The molecule has 2 atom stereocenters. The molecule has 0 saturated heterocycles. The number of likely N-dealkylation sites (N-methyl/N-ethyl adjacent to an activating group) is 1. The lowest BCUT2D eigenvalue weighted by molar-refractivity contribution is -0.143. The summed E-state index contributed by atoms with van der Waals surface area (Å²) in [4.78, 5) is 13.9. The molecule has 0 fully saturated rings. The van der Waals surface area contributed by atoms with Gasteiger partial charge in [-0.1, -0.05) is 12.1 Å². The van der Waals surface area contributed by atoms with E-state index in [4.69, 9.17) is 4.74 Å². The van der Waals surface area contributed by atoms with E-state index in [-0.39, 0.29) is 17.7 Å². The molecule has 0 bridgehead atoms. The Hall–Kier alpha value is -1.55. The number of ether oxygens (including phenoxy) is 1. The third-order valence-corrected chi connectivity index (χ3v) is 3.15. The van der Waals surface area contributed by atoms with Crippen LogP contribution >= 0.6 is 0 Å². The van der Waals surface area contributed by atoms with Crippen LogP contribution in [0.1, 0.15) is 32.4 Å². The zero-order chi connectivity index (χ0) is 13.7. The first-order chi connectivity index (χ1) is 8.51. The van der Waals surface area contributed by atoms with Crippen molar-refractivity contribution in [2.75, 3.05) is 13.7 Å². The molecule has 4 nitrogen and oxygen atoms in total. The SMILES string of the molecule is CCN(C(=O)C(C)OC)C(C)c1cccc(O)c1. The summed E-state index contributed by atoms with van der Waals surface area (Å²) in [7, 11) is 1.52. The van der Waals surface area contributed by atoms with Crippen molar-refractivity contribution in [3.05, 3.63) is 29.8 Å². The Morgan fingerprint density at radius 2 is 2.11 bits per heavy atom. The second-order valence-corrected chi connectivity index (χ2v) is 4.27. The Bertz CT molecular complexity index is 406. The van der Waals surface area contributed by atoms with E-state index in [0.717, 1.165) is 5.56 Å². The fraction of sp³-hybridized carbons (Fsp3) is 0.500. The zero-order valence-corrected chi connectivity index (χ0v) is 11.4. The van der Waals surface area contributed by atoms with Gasteiger partial charge in [-0.15, -0.1) is 0 Å². The van der Waals surface area contributed by atoms with Crippen LogP contribution in [0, 0.1) is 0 Å². The van der Waals surface area contributed by atoms with Crippen LogP contribution in [-0.4, -0.2) is 35.7 Å². The van der Waals surface area contributed by atoms with Gasteiger partial charge in [0, 0.05) is 13.7 Å². The predicted molar refractivity (Wildman–Crippen MR) is 70.4 cm³/mol. The van der Waals surface area contributed by atoms with Crippen LogP contribution in [0.3, 0.4) is 0 Å². The van der Waals surface area contributed by atoms with Crippen LogP contribution < -0.4 is 0 Å². The molecule has 1 rings (SSSR count). The maximum Gasteiger partial charge on any atom is 0.251 e. The van der Waals surface area contributed by atoms with Crippen LogP contribution in [0.4, 0.5) is 0 Å². The third-order valence-electron chi connectivity index (χ3n) is 3.15. The van der Waals surface area contributed by atoms with E-state index in [0.29, 0.717) is 6.54 Å². The van der Waals surface area contributed by atoms with E-state index in [2.05, 4.69) is 0 Å². The van der Waals surface area contributed by atoms with Gasteiger partial charge in [0.15, 0.2) is 0 Å². The van der Waals surface area contributed by atoms with Crippen molar-refractivity contribution in [3.63, 3.8) is 0 Å². The van der Waals surface area contributed by atoms with Gasteiger partial charge < -0.3 is 14.7 Å². The van der Waals surface area contributed by atoms with Crippen molar-refractivity contribution < 1.29 is 14.6 Å². The predicted octanol–water partition coefficient (Wildman–Crippen LogP) is 2.34. The molecule has 1 amide bonds. The van der Waals surface area contributed by atoms with Crippen LogP contribution in [0.25, 0.3) is 0 Å². The van der Waals surface area contributed by atoms with E-state index >= 15 is 0 Å². The number of aromatic hydroxyl groups is 1. The Balaban J connectivity index is 2.92. The first-order valence-electron chi connectivity index (χ1n) is 6.13. The van der Waals surface area contributed by atoms with Crippen molar-refractivity contribution in [3.8, 4) is 5.75 Å². The molecular weight excluding hydrogens is 230 g/mol. The minimum atomic E-state index is -0.454. The Morgan fingerprint density at radius 1 is 1.44 bits per heavy atom. The summed E-state index contributed by atoms with van der Waals surface area (Å²) >= 11 is 0. The molecule has 1 N–H and O–H groups in total. The number of hydrogen-bond acceptors (Lipinski definition) is 3. The van der Waals surface area contributed by atoms with Gasteiger partial charge in [0.25, 0.3) is 5.91 Å². The summed E-state index contributed by atoms with van der Waals surface area (Å²) in [6, 6.07) is 6.88. The van der Waals surface area contributed by atoms with Crippen LogP contribution in [0.2, 0.25) is 0 Å². The highest BCUT2D eigenvalue weighted by molar-refractivity contribution is 5.81. The van der Waals surface area contributed by atoms with Gasteiger partial charge >= 0.3 is 0 Å². The van der Waals surface area contributed by atoms with E-state index in [9.17, 15) is 9.90 Å². The number of benzene rings is 1.